The van der Waals surface area contributed by atoms with Crippen molar-refractivity contribution in [1.29, 1.82) is 0 Å². The lowest BCUT2D eigenvalue weighted by Gasteiger charge is -2.06. The SMILES string of the molecule is CCn1c(SCC(N)=O)nnc1C1CC1c1ccccc1. The van der Waals surface area contributed by atoms with Gasteiger partial charge in [0.05, 0.1) is 5.75 Å². The van der Waals surface area contributed by atoms with E-state index in [2.05, 4.69) is 46.0 Å². The van der Waals surface area contributed by atoms with Gasteiger partial charge in [-0.25, -0.2) is 0 Å². The first kappa shape index (κ1) is 14.1. The van der Waals surface area contributed by atoms with Crippen molar-refractivity contribution in [3.05, 3.63) is 41.7 Å². The van der Waals surface area contributed by atoms with E-state index in [1.165, 1.54) is 17.3 Å². The van der Waals surface area contributed by atoms with Gasteiger partial charge in [-0.1, -0.05) is 42.1 Å². The Morgan fingerprint density at radius 1 is 1.33 bits per heavy atom. The standard InChI is InChI=1S/C15H18N4OS/c1-2-19-14(17-18-15(19)21-9-13(16)20)12-8-11(12)10-6-4-3-5-7-10/h3-7,11-12H,2,8-9H2,1H3,(H2,16,20). The van der Waals surface area contributed by atoms with Gasteiger partial charge in [-0.05, 0) is 24.8 Å². The zero-order valence-electron chi connectivity index (χ0n) is 11.9. The second-order valence-electron chi connectivity index (χ2n) is 5.20. The third-order valence-electron chi connectivity index (χ3n) is 3.76. The molecule has 1 aromatic carbocycles. The molecule has 1 fully saturated rings. The number of hydrogen-bond donors (Lipinski definition) is 1. The van der Waals surface area contributed by atoms with Crippen LogP contribution < -0.4 is 5.73 Å². The Morgan fingerprint density at radius 3 is 2.76 bits per heavy atom. The zero-order valence-corrected chi connectivity index (χ0v) is 12.7. The summed E-state index contributed by atoms with van der Waals surface area (Å²) < 4.78 is 2.10. The van der Waals surface area contributed by atoms with E-state index in [1.54, 1.807) is 0 Å². The van der Waals surface area contributed by atoms with Crippen molar-refractivity contribution in [2.45, 2.75) is 36.9 Å². The van der Waals surface area contributed by atoms with Crippen LogP contribution in [0.1, 0.15) is 36.6 Å². The van der Waals surface area contributed by atoms with Crippen LogP contribution in [-0.2, 0) is 11.3 Å². The van der Waals surface area contributed by atoms with Crippen LogP contribution in [0, 0.1) is 0 Å². The number of amides is 1. The van der Waals surface area contributed by atoms with Gasteiger partial charge in [0.1, 0.15) is 5.82 Å². The highest BCUT2D eigenvalue weighted by Gasteiger charge is 2.43. The van der Waals surface area contributed by atoms with E-state index in [1.807, 2.05) is 6.07 Å². The maximum Gasteiger partial charge on any atom is 0.227 e. The molecule has 5 nitrogen and oxygen atoms in total. The number of nitrogens with zero attached hydrogens (tertiary/aromatic N) is 3. The summed E-state index contributed by atoms with van der Waals surface area (Å²) in [5, 5.41) is 9.34. The molecule has 0 bridgehead atoms. The number of benzene rings is 1. The van der Waals surface area contributed by atoms with E-state index in [0.717, 1.165) is 23.9 Å². The summed E-state index contributed by atoms with van der Waals surface area (Å²) in [6, 6.07) is 10.5. The summed E-state index contributed by atoms with van der Waals surface area (Å²) in [5.41, 5.74) is 6.55. The number of carbonyl (C=O) groups excluding carboxylic acids is 1. The Balaban J connectivity index is 1.76. The van der Waals surface area contributed by atoms with Crippen LogP contribution in [-0.4, -0.2) is 26.4 Å². The molecule has 0 saturated heterocycles. The van der Waals surface area contributed by atoms with Crippen molar-refractivity contribution >= 4 is 17.7 Å². The second kappa shape index (κ2) is 5.89. The lowest BCUT2D eigenvalue weighted by atomic mass is 10.1. The normalized spacial score (nSPS) is 20.4. The fraction of sp³-hybridized carbons (Fsp3) is 0.400. The number of rotatable bonds is 6. The summed E-state index contributed by atoms with van der Waals surface area (Å²) in [4.78, 5) is 10.9. The number of nitrogens with two attached hydrogens (primary N) is 1. The van der Waals surface area contributed by atoms with Crippen molar-refractivity contribution in [2.24, 2.45) is 5.73 Å². The molecule has 0 spiro atoms. The van der Waals surface area contributed by atoms with Gasteiger partial charge < -0.3 is 10.3 Å². The highest BCUT2D eigenvalue weighted by Crippen LogP contribution is 2.54. The van der Waals surface area contributed by atoms with Crippen molar-refractivity contribution in [3.8, 4) is 0 Å². The van der Waals surface area contributed by atoms with E-state index < -0.39 is 0 Å². The average Bonchev–Trinajstić information content (AvgIpc) is 3.19. The molecule has 1 aliphatic carbocycles. The highest BCUT2D eigenvalue weighted by atomic mass is 32.2. The summed E-state index contributed by atoms with van der Waals surface area (Å²) in [6.45, 7) is 2.88. The van der Waals surface area contributed by atoms with Crippen LogP contribution in [0.5, 0.6) is 0 Å². The molecule has 6 heteroatoms. The van der Waals surface area contributed by atoms with Crippen LogP contribution in [0.3, 0.4) is 0 Å². The van der Waals surface area contributed by atoms with Crippen molar-refractivity contribution in [2.75, 3.05) is 5.75 Å². The van der Waals surface area contributed by atoms with Gasteiger partial charge in [-0.2, -0.15) is 0 Å². The molecule has 1 aromatic heterocycles. The van der Waals surface area contributed by atoms with E-state index in [9.17, 15) is 4.79 Å². The van der Waals surface area contributed by atoms with E-state index in [4.69, 9.17) is 5.73 Å². The Bertz CT molecular complexity index is 640. The highest BCUT2D eigenvalue weighted by molar-refractivity contribution is 7.99. The van der Waals surface area contributed by atoms with Gasteiger partial charge in [0.25, 0.3) is 0 Å². The van der Waals surface area contributed by atoms with Gasteiger partial charge in [-0.3, -0.25) is 4.79 Å². The second-order valence-corrected chi connectivity index (χ2v) is 6.14. The third-order valence-corrected chi connectivity index (χ3v) is 4.74. The minimum atomic E-state index is -0.333. The largest absolute Gasteiger partial charge is 0.369 e. The van der Waals surface area contributed by atoms with Gasteiger partial charge >= 0.3 is 0 Å². The van der Waals surface area contributed by atoms with Gasteiger partial charge in [0.15, 0.2) is 5.16 Å². The molecule has 1 saturated carbocycles. The third kappa shape index (κ3) is 2.95. The molecule has 2 unspecified atom stereocenters. The molecule has 0 aliphatic heterocycles. The van der Waals surface area contributed by atoms with Crippen molar-refractivity contribution in [3.63, 3.8) is 0 Å². The summed E-state index contributed by atoms with van der Waals surface area (Å²) >= 11 is 1.36. The van der Waals surface area contributed by atoms with Crippen LogP contribution in [0.15, 0.2) is 35.5 Å². The van der Waals surface area contributed by atoms with E-state index in [-0.39, 0.29) is 11.7 Å². The first-order valence-corrected chi connectivity index (χ1v) is 8.08. The monoisotopic (exact) mass is 302 g/mol. The van der Waals surface area contributed by atoms with Crippen LogP contribution >= 0.6 is 11.8 Å². The van der Waals surface area contributed by atoms with Gasteiger partial charge in [0, 0.05) is 12.5 Å². The minimum Gasteiger partial charge on any atom is -0.369 e. The topological polar surface area (TPSA) is 73.8 Å². The first-order chi connectivity index (χ1) is 10.2. The fourth-order valence-electron chi connectivity index (χ4n) is 2.66. The molecule has 1 aliphatic rings. The minimum absolute atomic E-state index is 0.241. The molecule has 3 rings (SSSR count). The van der Waals surface area contributed by atoms with Gasteiger partial charge in [-0.15, -0.1) is 10.2 Å². The van der Waals surface area contributed by atoms with Crippen molar-refractivity contribution in [1.82, 2.24) is 14.8 Å². The smallest absolute Gasteiger partial charge is 0.227 e. The predicted octanol–water partition coefficient (Wildman–Crippen LogP) is 2.15. The summed E-state index contributed by atoms with van der Waals surface area (Å²) in [7, 11) is 0. The number of hydrogen-bond acceptors (Lipinski definition) is 4. The quantitative estimate of drug-likeness (QED) is 0.830. The molecule has 1 amide bonds. The molecule has 21 heavy (non-hydrogen) atoms. The zero-order chi connectivity index (χ0) is 14.8. The number of carbonyl (C=O) groups is 1. The number of thioether (sulfide) groups is 1. The van der Waals surface area contributed by atoms with Crippen molar-refractivity contribution < 1.29 is 4.79 Å². The van der Waals surface area contributed by atoms with E-state index >= 15 is 0 Å². The first-order valence-electron chi connectivity index (χ1n) is 7.09. The fourth-order valence-corrected chi connectivity index (χ4v) is 3.41. The average molecular weight is 302 g/mol. The lowest BCUT2D eigenvalue weighted by Crippen LogP contribution is -2.14. The predicted molar refractivity (Wildman–Crippen MR) is 82.2 cm³/mol. The molecule has 0 radical (unpaired) electrons. The Hall–Kier alpha value is -1.82. The molecular weight excluding hydrogens is 284 g/mol. The van der Waals surface area contributed by atoms with Crippen LogP contribution in [0.25, 0.3) is 0 Å². The van der Waals surface area contributed by atoms with E-state index in [0.29, 0.717) is 11.8 Å². The molecule has 2 atom stereocenters. The molecular formula is C15H18N4OS. The summed E-state index contributed by atoms with van der Waals surface area (Å²) in [5.74, 6) is 1.90. The molecule has 110 valence electrons. The lowest BCUT2D eigenvalue weighted by molar-refractivity contribution is -0.115. The summed E-state index contributed by atoms with van der Waals surface area (Å²) in [6.07, 6.45) is 1.11. The Morgan fingerprint density at radius 2 is 2.10 bits per heavy atom. The Kier molecular flexibility index (Phi) is 3.96. The maximum absolute atomic E-state index is 10.9. The maximum atomic E-state index is 10.9. The van der Waals surface area contributed by atoms with Gasteiger partial charge in [0.2, 0.25) is 5.91 Å². The van der Waals surface area contributed by atoms with Crippen LogP contribution in [0.2, 0.25) is 0 Å². The number of aromatic nitrogens is 3. The molecule has 2 aromatic rings. The number of primary amides is 1. The molecule has 1 heterocycles. The van der Waals surface area contributed by atoms with Crippen LogP contribution in [0.4, 0.5) is 0 Å². The Labute approximate surface area is 127 Å². The molecule has 2 N–H and O–H groups in total.